The van der Waals surface area contributed by atoms with E-state index in [4.69, 9.17) is 4.74 Å². The van der Waals surface area contributed by atoms with Crippen LogP contribution in [0.25, 0.3) is 11.0 Å². The fraction of sp³-hybridized carbons (Fsp3) is 0.167. The maximum absolute atomic E-state index is 9.98. The van der Waals surface area contributed by atoms with Crippen molar-refractivity contribution in [2.75, 3.05) is 12.4 Å². The highest BCUT2D eigenvalue weighted by molar-refractivity contribution is 5.78. The summed E-state index contributed by atoms with van der Waals surface area (Å²) in [6.45, 7) is 4.91. The predicted octanol–water partition coefficient (Wildman–Crippen LogP) is 3.55. The van der Waals surface area contributed by atoms with Crippen molar-refractivity contribution in [1.29, 1.82) is 0 Å². The van der Waals surface area contributed by atoms with E-state index in [9.17, 15) is 5.11 Å². The molecule has 3 rings (SSSR count). The van der Waals surface area contributed by atoms with Crippen LogP contribution in [0.4, 0.5) is 5.95 Å². The zero-order chi connectivity index (χ0) is 16.2. The second kappa shape index (κ2) is 6.44. The van der Waals surface area contributed by atoms with Gasteiger partial charge in [0.2, 0.25) is 5.95 Å². The fourth-order valence-corrected chi connectivity index (χ4v) is 2.53. The molecule has 0 aliphatic carbocycles. The fourth-order valence-electron chi connectivity index (χ4n) is 2.53. The Morgan fingerprint density at radius 1 is 1.30 bits per heavy atom. The molecule has 0 radical (unpaired) electrons. The minimum Gasteiger partial charge on any atom is -0.508 e. The van der Waals surface area contributed by atoms with Crippen LogP contribution in [0.15, 0.2) is 55.1 Å². The predicted molar refractivity (Wildman–Crippen MR) is 91.9 cm³/mol. The zero-order valence-corrected chi connectivity index (χ0v) is 13.0. The van der Waals surface area contributed by atoms with Crippen molar-refractivity contribution >= 4 is 17.0 Å². The third-order valence-electron chi connectivity index (χ3n) is 3.69. The smallest absolute Gasteiger partial charge is 0.204 e. The quantitative estimate of drug-likeness (QED) is 0.684. The molecule has 1 heterocycles. The highest BCUT2D eigenvalue weighted by Gasteiger charge is 2.10. The molecular weight excluding hydrogens is 290 g/mol. The van der Waals surface area contributed by atoms with E-state index < -0.39 is 0 Å². The van der Waals surface area contributed by atoms with Crippen molar-refractivity contribution in [3.63, 3.8) is 0 Å². The number of anilines is 1. The summed E-state index contributed by atoms with van der Waals surface area (Å²) in [5.74, 6) is 1.68. The molecule has 23 heavy (non-hydrogen) atoms. The molecule has 0 amide bonds. The highest BCUT2D eigenvalue weighted by atomic mass is 16.5. The number of methoxy groups -OCH3 is 1. The summed E-state index contributed by atoms with van der Waals surface area (Å²) >= 11 is 0. The minimum absolute atomic E-state index is 0.227. The molecule has 5 nitrogen and oxygen atoms in total. The van der Waals surface area contributed by atoms with Gasteiger partial charge in [-0.1, -0.05) is 18.2 Å². The molecule has 0 saturated carbocycles. The third kappa shape index (κ3) is 2.99. The first-order valence-electron chi connectivity index (χ1n) is 7.39. The van der Waals surface area contributed by atoms with E-state index in [0.29, 0.717) is 18.8 Å². The average molecular weight is 309 g/mol. The van der Waals surface area contributed by atoms with Crippen LogP contribution >= 0.6 is 0 Å². The number of phenolic OH excluding ortho intramolecular Hbond substituents is 1. The molecule has 0 atom stereocenters. The number of aromatic hydroxyl groups is 1. The van der Waals surface area contributed by atoms with Gasteiger partial charge in [-0.3, -0.25) is 0 Å². The van der Waals surface area contributed by atoms with E-state index >= 15 is 0 Å². The molecule has 1 aromatic heterocycles. The standard InChI is InChI=1S/C18H19N3O2/c1-3-10-21-16-7-5-4-6-15(16)20-18(21)19-12-13-11-14(23-2)8-9-17(13)22/h3-9,11,22H,1,10,12H2,2H3,(H,19,20). The minimum atomic E-state index is 0.227. The van der Waals surface area contributed by atoms with Crippen LogP contribution in [0.3, 0.4) is 0 Å². The van der Waals surface area contributed by atoms with E-state index in [1.54, 1.807) is 19.2 Å². The number of allylic oxidation sites excluding steroid dienone is 1. The molecule has 118 valence electrons. The van der Waals surface area contributed by atoms with Gasteiger partial charge >= 0.3 is 0 Å². The summed E-state index contributed by atoms with van der Waals surface area (Å²) in [6, 6.07) is 13.1. The maximum atomic E-state index is 9.98. The van der Waals surface area contributed by atoms with Crippen LogP contribution in [-0.2, 0) is 13.1 Å². The van der Waals surface area contributed by atoms with Crippen molar-refractivity contribution in [3.05, 3.63) is 60.7 Å². The molecule has 0 fully saturated rings. The molecule has 2 aromatic carbocycles. The Morgan fingerprint density at radius 3 is 2.91 bits per heavy atom. The van der Waals surface area contributed by atoms with Crippen molar-refractivity contribution in [1.82, 2.24) is 9.55 Å². The lowest BCUT2D eigenvalue weighted by molar-refractivity contribution is 0.411. The monoisotopic (exact) mass is 309 g/mol. The van der Waals surface area contributed by atoms with Gasteiger partial charge in [-0.05, 0) is 30.3 Å². The summed E-state index contributed by atoms with van der Waals surface area (Å²) in [5, 5.41) is 13.3. The van der Waals surface area contributed by atoms with Gasteiger partial charge in [0.05, 0.1) is 18.1 Å². The van der Waals surface area contributed by atoms with E-state index in [1.807, 2.05) is 36.4 Å². The molecule has 2 N–H and O–H groups in total. The van der Waals surface area contributed by atoms with Crippen LogP contribution in [0.5, 0.6) is 11.5 Å². The summed E-state index contributed by atoms with van der Waals surface area (Å²) < 4.78 is 7.25. The number of imidazole rings is 1. The Hall–Kier alpha value is -2.95. The summed E-state index contributed by atoms with van der Waals surface area (Å²) in [4.78, 5) is 4.61. The van der Waals surface area contributed by atoms with Gasteiger partial charge in [-0.15, -0.1) is 6.58 Å². The number of fused-ring (bicyclic) bond motifs is 1. The normalized spacial score (nSPS) is 10.7. The number of hydrogen-bond donors (Lipinski definition) is 2. The number of para-hydroxylation sites is 2. The molecule has 0 aliphatic heterocycles. The Bertz CT molecular complexity index is 839. The van der Waals surface area contributed by atoms with Gasteiger partial charge in [-0.2, -0.15) is 0 Å². The zero-order valence-electron chi connectivity index (χ0n) is 13.0. The topological polar surface area (TPSA) is 59.3 Å². The molecule has 0 aliphatic rings. The molecular formula is C18H19N3O2. The van der Waals surface area contributed by atoms with Gasteiger partial charge in [0.15, 0.2) is 0 Å². The Labute approximate surface area is 134 Å². The highest BCUT2D eigenvalue weighted by Crippen LogP contribution is 2.25. The second-order valence-corrected chi connectivity index (χ2v) is 5.17. The number of aromatic nitrogens is 2. The van der Waals surface area contributed by atoms with E-state index in [2.05, 4.69) is 21.4 Å². The first-order chi connectivity index (χ1) is 11.2. The third-order valence-corrected chi connectivity index (χ3v) is 3.69. The van der Waals surface area contributed by atoms with Gasteiger partial charge in [-0.25, -0.2) is 4.98 Å². The van der Waals surface area contributed by atoms with Crippen LogP contribution in [0.2, 0.25) is 0 Å². The largest absolute Gasteiger partial charge is 0.508 e. The van der Waals surface area contributed by atoms with Gasteiger partial charge in [0, 0.05) is 18.7 Å². The van der Waals surface area contributed by atoms with Crippen LogP contribution in [0, 0.1) is 0 Å². The summed E-state index contributed by atoms with van der Waals surface area (Å²) in [5.41, 5.74) is 2.72. The molecule has 5 heteroatoms. The lowest BCUT2D eigenvalue weighted by Crippen LogP contribution is -2.07. The summed E-state index contributed by atoms with van der Waals surface area (Å²) in [7, 11) is 1.60. The van der Waals surface area contributed by atoms with Crippen LogP contribution < -0.4 is 10.1 Å². The van der Waals surface area contributed by atoms with Crippen molar-refractivity contribution < 1.29 is 9.84 Å². The Kier molecular flexibility index (Phi) is 4.19. The molecule has 0 saturated heterocycles. The number of benzene rings is 2. The second-order valence-electron chi connectivity index (χ2n) is 5.17. The molecule has 0 unspecified atom stereocenters. The van der Waals surface area contributed by atoms with E-state index in [0.717, 1.165) is 22.5 Å². The van der Waals surface area contributed by atoms with Crippen molar-refractivity contribution in [2.24, 2.45) is 0 Å². The number of ether oxygens (including phenoxy) is 1. The van der Waals surface area contributed by atoms with Crippen LogP contribution in [-0.4, -0.2) is 21.8 Å². The van der Waals surface area contributed by atoms with Gasteiger partial charge < -0.3 is 19.7 Å². The summed E-state index contributed by atoms with van der Waals surface area (Å²) in [6.07, 6.45) is 1.84. The Morgan fingerprint density at radius 2 is 2.13 bits per heavy atom. The molecule has 0 spiro atoms. The first kappa shape index (κ1) is 15.0. The number of rotatable bonds is 6. The lowest BCUT2D eigenvalue weighted by Gasteiger charge is -2.11. The van der Waals surface area contributed by atoms with Crippen molar-refractivity contribution in [3.8, 4) is 11.5 Å². The van der Waals surface area contributed by atoms with Crippen molar-refractivity contribution in [2.45, 2.75) is 13.1 Å². The van der Waals surface area contributed by atoms with E-state index in [-0.39, 0.29) is 5.75 Å². The van der Waals surface area contributed by atoms with Gasteiger partial charge in [0.25, 0.3) is 0 Å². The number of nitrogens with one attached hydrogen (secondary N) is 1. The number of nitrogens with zero attached hydrogens (tertiary/aromatic N) is 2. The molecule has 3 aromatic rings. The number of hydrogen-bond acceptors (Lipinski definition) is 4. The maximum Gasteiger partial charge on any atom is 0.204 e. The first-order valence-corrected chi connectivity index (χ1v) is 7.39. The van der Waals surface area contributed by atoms with Crippen LogP contribution in [0.1, 0.15) is 5.56 Å². The van der Waals surface area contributed by atoms with E-state index in [1.165, 1.54) is 0 Å². The Balaban J connectivity index is 1.89. The lowest BCUT2D eigenvalue weighted by atomic mass is 10.2. The average Bonchev–Trinajstić information content (AvgIpc) is 2.92. The number of phenols is 1. The SMILES string of the molecule is C=CCn1c(NCc2cc(OC)ccc2O)nc2ccccc21. The van der Waals surface area contributed by atoms with Gasteiger partial charge in [0.1, 0.15) is 11.5 Å². The molecule has 0 bridgehead atoms.